The minimum atomic E-state index is 0.915. The van der Waals surface area contributed by atoms with Crippen molar-refractivity contribution in [2.75, 3.05) is 0 Å². The summed E-state index contributed by atoms with van der Waals surface area (Å²) in [6.07, 6.45) is 5.95. The van der Waals surface area contributed by atoms with Crippen molar-refractivity contribution < 1.29 is 0 Å². The van der Waals surface area contributed by atoms with Crippen LogP contribution in [-0.4, -0.2) is 0 Å². The molecular formula is C16H36. The summed E-state index contributed by atoms with van der Waals surface area (Å²) < 4.78 is 0. The molecule has 0 radical (unpaired) electrons. The van der Waals surface area contributed by atoms with Crippen molar-refractivity contribution in [3.63, 3.8) is 0 Å². The molecule has 0 aliphatic heterocycles. The lowest BCUT2D eigenvalue weighted by Crippen LogP contribution is -2.21. The van der Waals surface area contributed by atoms with Crippen molar-refractivity contribution in [3.8, 4) is 0 Å². The van der Waals surface area contributed by atoms with Gasteiger partial charge in [0.05, 0.1) is 0 Å². The molecule has 0 bridgehead atoms. The van der Waals surface area contributed by atoms with Gasteiger partial charge >= 0.3 is 0 Å². The van der Waals surface area contributed by atoms with Crippen LogP contribution in [0.4, 0.5) is 0 Å². The molecule has 0 amide bonds. The Bertz CT molecular complexity index is 100. The average molecular weight is 228 g/mol. The van der Waals surface area contributed by atoms with E-state index >= 15 is 0 Å². The molecule has 16 heavy (non-hydrogen) atoms. The zero-order valence-electron chi connectivity index (χ0n) is 13.1. The summed E-state index contributed by atoms with van der Waals surface area (Å²) in [5, 5.41) is 0. The Hall–Kier alpha value is 0. The Morgan fingerprint density at radius 2 is 0.750 bits per heavy atom. The van der Waals surface area contributed by atoms with Gasteiger partial charge in [0, 0.05) is 0 Å². The van der Waals surface area contributed by atoms with E-state index in [9.17, 15) is 0 Å². The molecular weight excluding hydrogens is 192 g/mol. The molecule has 0 aromatic carbocycles. The molecule has 1 aliphatic carbocycles. The Labute approximate surface area is 105 Å². The van der Waals surface area contributed by atoms with Gasteiger partial charge in [-0.15, -0.1) is 0 Å². The predicted octanol–water partition coefficient (Wildman–Crippen LogP) is 6.16. The molecule has 0 unspecified atom stereocenters. The third-order valence-electron chi connectivity index (χ3n) is 3.70. The maximum atomic E-state index is 2.38. The highest BCUT2D eigenvalue weighted by molar-refractivity contribution is 4.75. The van der Waals surface area contributed by atoms with Gasteiger partial charge in [0.1, 0.15) is 0 Å². The highest BCUT2D eigenvalue weighted by atomic mass is 14.3. The van der Waals surface area contributed by atoms with Gasteiger partial charge in [-0.3, -0.25) is 0 Å². The molecule has 1 aliphatic rings. The van der Waals surface area contributed by atoms with E-state index in [1.807, 2.05) is 27.7 Å². The molecule has 1 rings (SSSR count). The van der Waals surface area contributed by atoms with Crippen LogP contribution in [0.15, 0.2) is 0 Å². The summed E-state index contributed by atoms with van der Waals surface area (Å²) in [6.45, 7) is 17.5. The fraction of sp³-hybridized carbons (Fsp3) is 1.00. The fourth-order valence-corrected chi connectivity index (χ4v) is 2.48. The first-order valence-electron chi connectivity index (χ1n) is 7.61. The van der Waals surface area contributed by atoms with E-state index in [2.05, 4.69) is 27.7 Å². The molecule has 0 nitrogen and oxygen atoms in total. The first-order chi connectivity index (χ1) is 7.61. The van der Waals surface area contributed by atoms with Crippen LogP contribution < -0.4 is 0 Å². The molecule has 1 saturated carbocycles. The zero-order valence-corrected chi connectivity index (χ0v) is 13.1. The molecule has 1 fully saturated rings. The highest BCUT2D eigenvalue weighted by Crippen LogP contribution is 2.36. The maximum Gasteiger partial charge on any atom is -0.0391 e. The number of rotatable bonds is 2. The lowest BCUT2D eigenvalue weighted by molar-refractivity contribution is 0.189. The van der Waals surface area contributed by atoms with E-state index in [-0.39, 0.29) is 0 Å². The van der Waals surface area contributed by atoms with Gasteiger partial charge in [0.15, 0.2) is 0 Å². The van der Waals surface area contributed by atoms with E-state index in [4.69, 9.17) is 0 Å². The van der Waals surface area contributed by atoms with E-state index in [1.165, 1.54) is 25.7 Å². The van der Waals surface area contributed by atoms with Gasteiger partial charge < -0.3 is 0 Å². The third kappa shape index (κ3) is 7.30. The molecule has 0 aromatic rings. The molecule has 100 valence electrons. The normalized spacial score (nSPS) is 24.4. The van der Waals surface area contributed by atoms with E-state index in [0.717, 1.165) is 23.7 Å². The lowest BCUT2D eigenvalue weighted by atomic mass is 9.73. The Morgan fingerprint density at radius 3 is 0.875 bits per heavy atom. The molecule has 0 spiro atoms. The van der Waals surface area contributed by atoms with Crippen molar-refractivity contribution in [2.24, 2.45) is 23.7 Å². The number of hydrogen-bond acceptors (Lipinski definition) is 0. The number of hydrogen-bond donors (Lipinski definition) is 0. The van der Waals surface area contributed by atoms with Gasteiger partial charge in [0.25, 0.3) is 0 Å². The Kier molecular flexibility index (Phi) is 13.2. The highest BCUT2D eigenvalue weighted by Gasteiger charge is 2.24. The van der Waals surface area contributed by atoms with Gasteiger partial charge in [-0.05, 0) is 49.4 Å². The van der Waals surface area contributed by atoms with Crippen molar-refractivity contribution in [3.05, 3.63) is 0 Å². The summed E-state index contributed by atoms with van der Waals surface area (Å²) in [5.74, 6) is 3.89. The SMILES string of the molecule is CC.CC.CC(C)C1CCC(C(C)C)CC1. The molecule has 0 heteroatoms. The van der Waals surface area contributed by atoms with Crippen molar-refractivity contribution in [1.82, 2.24) is 0 Å². The first kappa shape index (κ1) is 18.4. The lowest BCUT2D eigenvalue weighted by Gasteiger charge is -2.32. The average Bonchev–Trinajstić information content (AvgIpc) is 2.34. The van der Waals surface area contributed by atoms with Gasteiger partial charge in [0.2, 0.25) is 0 Å². The zero-order chi connectivity index (χ0) is 13.1. The summed E-state index contributed by atoms with van der Waals surface area (Å²) in [6, 6.07) is 0. The van der Waals surface area contributed by atoms with Crippen molar-refractivity contribution >= 4 is 0 Å². The van der Waals surface area contributed by atoms with Gasteiger partial charge in [-0.2, -0.15) is 0 Å². The molecule has 0 saturated heterocycles. The van der Waals surface area contributed by atoms with Crippen LogP contribution in [0.5, 0.6) is 0 Å². The van der Waals surface area contributed by atoms with Gasteiger partial charge in [-0.25, -0.2) is 0 Å². The minimum absolute atomic E-state index is 0.915. The summed E-state index contributed by atoms with van der Waals surface area (Å²) >= 11 is 0. The second-order valence-electron chi connectivity index (χ2n) is 5.16. The molecule has 0 heterocycles. The summed E-state index contributed by atoms with van der Waals surface area (Å²) in [5.41, 5.74) is 0. The third-order valence-corrected chi connectivity index (χ3v) is 3.70. The molecule has 0 N–H and O–H groups in total. The monoisotopic (exact) mass is 228 g/mol. The summed E-state index contributed by atoms with van der Waals surface area (Å²) in [4.78, 5) is 0. The summed E-state index contributed by atoms with van der Waals surface area (Å²) in [7, 11) is 0. The van der Waals surface area contributed by atoms with E-state index < -0.39 is 0 Å². The first-order valence-corrected chi connectivity index (χ1v) is 7.61. The molecule has 0 atom stereocenters. The van der Waals surface area contributed by atoms with Crippen molar-refractivity contribution in [1.29, 1.82) is 0 Å². The van der Waals surface area contributed by atoms with Crippen LogP contribution in [0.3, 0.4) is 0 Å². The largest absolute Gasteiger partial charge is 0.0683 e. The maximum absolute atomic E-state index is 2.38. The van der Waals surface area contributed by atoms with Crippen LogP contribution in [0.25, 0.3) is 0 Å². The van der Waals surface area contributed by atoms with E-state index in [0.29, 0.717) is 0 Å². The smallest absolute Gasteiger partial charge is 0.0391 e. The minimum Gasteiger partial charge on any atom is -0.0683 e. The van der Waals surface area contributed by atoms with Gasteiger partial charge in [-0.1, -0.05) is 55.4 Å². The van der Waals surface area contributed by atoms with Crippen LogP contribution in [0.2, 0.25) is 0 Å². The van der Waals surface area contributed by atoms with Crippen LogP contribution >= 0.6 is 0 Å². The second kappa shape index (κ2) is 11.5. The fourth-order valence-electron chi connectivity index (χ4n) is 2.48. The predicted molar refractivity (Wildman–Crippen MR) is 77.8 cm³/mol. The topological polar surface area (TPSA) is 0 Å². The standard InChI is InChI=1S/C12H24.2C2H6/c1-9(2)11-5-7-12(8-6-11)10(3)4;2*1-2/h9-12H,5-8H2,1-4H3;2*1-2H3. The van der Waals surface area contributed by atoms with Crippen LogP contribution in [0.1, 0.15) is 81.1 Å². The van der Waals surface area contributed by atoms with Crippen molar-refractivity contribution in [2.45, 2.75) is 81.1 Å². The second-order valence-corrected chi connectivity index (χ2v) is 5.16. The molecule has 0 aromatic heterocycles. The van der Waals surface area contributed by atoms with Crippen LogP contribution in [-0.2, 0) is 0 Å². The van der Waals surface area contributed by atoms with E-state index in [1.54, 1.807) is 0 Å². The Balaban J connectivity index is 0. The quantitative estimate of drug-likeness (QED) is 0.531. The Morgan fingerprint density at radius 1 is 0.562 bits per heavy atom. The van der Waals surface area contributed by atoms with Crippen LogP contribution in [0, 0.1) is 23.7 Å².